The van der Waals surface area contributed by atoms with Crippen LogP contribution in [0.3, 0.4) is 0 Å². The largest absolute Gasteiger partial charge is 0.490 e. The van der Waals surface area contributed by atoms with Crippen LogP contribution in [0.4, 0.5) is 0 Å². The molecular formula is C19H23NO. The SMILES string of the molecule is CCNC(c1ccc(OC2CC2)cc1)c1ccccc1C. The normalized spacial score (nSPS) is 15.7. The molecule has 0 radical (unpaired) electrons. The Morgan fingerprint density at radius 2 is 1.81 bits per heavy atom. The fraction of sp³-hybridized carbons (Fsp3) is 0.368. The van der Waals surface area contributed by atoms with E-state index < -0.39 is 0 Å². The zero-order chi connectivity index (χ0) is 14.7. The Morgan fingerprint density at radius 3 is 2.43 bits per heavy atom. The quantitative estimate of drug-likeness (QED) is 0.855. The third-order valence-corrected chi connectivity index (χ3v) is 3.95. The molecule has 1 atom stereocenters. The number of rotatable bonds is 6. The van der Waals surface area contributed by atoms with Crippen LogP contribution in [-0.4, -0.2) is 12.6 Å². The number of ether oxygens (including phenoxy) is 1. The lowest BCUT2D eigenvalue weighted by Crippen LogP contribution is -2.22. The maximum Gasteiger partial charge on any atom is 0.119 e. The summed E-state index contributed by atoms with van der Waals surface area (Å²) < 4.78 is 5.83. The van der Waals surface area contributed by atoms with E-state index >= 15 is 0 Å². The third-order valence-electron chi connectivity index (χ3n) is 3.95. The molecule has 2 nitrogen and oxygen atoms in total. The molecular weight excluding hydrogens is 258 g/mol. The van der Waals surface area contributed by atoms with Crippen molar-refractivity contribution >= 4 is 0 Å². The van der Waals surface area contributed by atoms with Gasteiger partial charge >= 0.3 is 0 Å². The van der Waals surface area contributed by atoms with Crippen molar-refractivity contribution in [2.45, 2.75) is 38.8 Å². The molecule has 0 spiro atoms. The molecule has 2 heteroatoms. The minimum absolute atomic E-state index is 0.242. The Hall–Kier alpha value is -1.80. The van der Waals surface area contributed by atoms with Crippen LogP contribution >= 0.6 is 0 Å². The predicted octanol–water partition coefficient (Wildman–Crippen LogP) is 4.24. The van der Waals surface area contributed by atoms with Crippen molar-refractivity contribution in [3.05, 3.63) is 65.2 Å². The van der Waals surface area contributed by atoms with E-state index in [-0.39, 0.29) is 6.04 Å². The highest BCUT2D eigenvalue weighted by molar-refractivity contribution is 5.39. The summed E-state index contributed by atoms with van der Waals surface area (Å²) in [4.78, 5) is 0. The van der Waals surface area contributed by atoms with Gasteiger partial charge in [-0.15, -0.1) is 0 Å². The first-order valence-corrected chi connectivity index (χ1v) is 7.83. The molecule has 3 rings (SSSR count). The van der Waals surface area contributed by atoms with E-state index in [0.717, 1.165) is 12.3 Å². The molecule has 0 amide bonds. The summed E-state index contributed by atoms with van der Waals surface area (Å²) in [6, 6.07) is 17.4. The van der Waals surface area contributed by atoms with E-state index in [2.05, 4.69) is 67.7 Å². The topological polar surface area (TPSA) is 21.3 Å². The van der Waals surface area contributed by atoms with E-state index in [0.29, 0.717) is 6.10 Å². The van der Waals surface area contributed by atoms with E-state index in [4.69, 9.17) is 4.74 Å². The predicted molar refractivity (Wildman–Crippen MR) is 86.8 cm³/mol. The van der Waals surface area contributed by atoms with Gasteiger partial charge in [-0.3, -0.25) is 0 Å². The van der Waals surface area contributed by atoms with Crippen LogP contribution in [0.15, 0.2) is 48.5 Å². The van der Waals surface area contributed by atoms with Gasteiger partial charge < -0.3 is 10.1 Å². The average Bonchev–Trinajstić information content (AvgIpc) is 3.31. The monoisotopic (exact) mass is 281 g/mol. The Morgan fingerprint density at radius 1 is 1.10 bits per heavy atom. The van der Waals surface area contributed by atoms with Crippen molar-refractivity contribution < 1.29 is 4.74 Å². The molecule has 0 aliphatic heterocycles. The Kier molecular flexibility index (Phi) is 4.26. The van der Waals surface area contributed by atoms with E-state index in [1.807, 2.05) is 0 Å². The molecule has 110 valence electrons. The highest BCUT2D eigenvalue weighted by Gasteiger charge is 2.23. The van der Waals surface area contributed by atoms with Gasteiger partial charge in [0.15, 0.2) is 0 Å². The smallest absolute Gasteiger partial charge is 0.119 e. The molecule has 0 saturated heterocycles. The molecule has 1 unspecified atom stereocenters. The number of hydrogen-bond donors (Lipinski definition) is 1. The summed E-state index contributed by atoms with van der Waals surface area (Å²) in [6.07, 6.45) is 2.85. The lowest BCUT2D eigenvalue weighted by molar-refractivity contribution is 0.303. The highest BCUT2D eigenvalue weighted by atomic mass is 16.5. The molecule has 1 aliphatic rings. The first-order chi connectivity index (χ1) is 10.3. The minimum atomic E-state index is 0.242. The number of nitrogens with one attached hydrogen (secondary N) is 1. The number of benzene rings is 2. The summed E-state index contributed by atoms with van der Waals surface area (Å²) in [7, 11) is 0. The van der Waals surface area contributed by atoms with Crippen LogP contribution < -0.4 is 10.1 Å². The van der Waals surface area contributed by atoms with Crippen LogP contribution in [-0.2, 0) is 0 Å². The third kappa shape index (κ3) is 3.45. The van der Waals surface area contributed by atoms with Crippen LogP contribution in [0.2, 0.25) is 0 Å². The molecule has 1 saturated carbocycles. The van der Waals surface area contributed by atoms with Gasteiger partial charge in [0.1, 0.15) is 5.75 Å². The van der Waals surface area contributed by atoms with Crippen molar-refractivity contribution in [2.75, 3.05) is 6.54 Å². The van der Waals surface area contributed by atoms with E-state index in [1.54, 1.807) is 0 Å². The molecule has 1 fully saturated rings. The van der Waals surface area contributed by atoms with Gasteiger partial charge in [-0.05, 0) is 55.1 Å². The first-order valence-electron chi connectivity index (χ1n) is 7.83. The van der Waals surface area contributed by atoms with Gasteiger partial charge in [-0.2, -0.15) is 0 Å². The molecule has 2 aromatic carbocycles. The molecule has 2 aromatic rings. The lowest BCUT2D eigenvalue weighted by atomic mass is 9.95. The summed E-state index contributed by atoms with van der Waals surface area (Å²) in [6.45, 7) is 5.26. The Labute approximate surface area is 127 Å². The molecule has 0 bridgehead atoms. The lowest BCUT2D eigenvalue weighted by Gasteiger charge is -2.21. The zero-order valence-corrected chi connectivity index (χ0v) is 12.8. The average molecular weight is 281 g/mol. The summed E-state index contributed by atoms with van der Waals surface area (Å²) in [5.41, 5.74) is 3.95. The van der Waals surface area contributed by atoms with Crippen molar-refractivity contribution in [2.24, 2.45) is 0 Å². The second-order valence-corrected chi connectivity index (χ2v) is 5.73. The van der Waals surface area contributed by atoms with Gasteiger partial charge in [0.05, 0.1) is 12.1 Å². The van der Waals surface area contributed by atoms with E-state index in [1.165, 1.54) is 29.5 Å². The van der Waals surface area contributed by atoms with Gasteiger partial charge in [0, 0.05) is 0 Å². The first kappa shape index (κ1) is 14.2. The van der Waals surface area contributed by atoms with Crippen molar-refractivity contribution in [3.8, 4) is 5.75 Å². The minimum Gasteiger partial charge on any atom is -0.490 e. The van der Waals surface area contributed by atoms with Gasteiger partial charge in [0.25, 0.3) is 0 Å². The maximum absolute atomic E-state index is 5.83. The fourth-order valence-corrected chi connectivity index (χ4v) is 2.64. The second kappa shape index (κ2) is 6.31. The highest BCUT2D eigenvalue weighted by Crippen LogP contribution is 2.29. The van der Waals surface area contributed by atoms with Crippen LogP contribution in [0.5, 0.6) is 5.75 Å². The van der Waals surface area contributed by atoms with Crippen molar-refractivity contribution in [1.29, 1.82) is 0 Å². The number of aryl methyl sites for hydroxylation is 1. The van der Waals surface area contributed by atoms with Crippen molar-refractivity contribution in [1.82, 2.24) is 5.32 Å². The van der Waals surface area contributed by atoms with Crippen LogP contribution in [0.1, 0.15) is 42.5 Å². The van der Waals surface area contributed by atoms with Gasteiger partial charge in [0.2, 0.25) is 0 Å². The Bertz CT molecular complexity index is 587. The van der Waals surface area contributed by atoms with Gasteiger partial charge in [-0.25, -0.2) is 0 Å². The standard InChI is InChI=1S/C19H23NO/c1-3-20-19(18-7-5-4-6-14(18)2)15-8-10-16(11-9-15)21-17-12-13-17/h4-11,17,19-20H,3,12-13H2,1-2H3. The molecule has 0 heterocycles. The second-order valence-electron chi connectivity index (χ2n) is 5.73. The summed E-state index contributed by atoms with van der Waals surface area (Å²) in [5.74, 6) is 0.987. The molecule has 1 N–H and O–H groups in total. The molecule has 0 aromatic heterocycles. The zero-order valence-electron chi connectivity index (χ0n) is 12.8. The van der Waals surface area contributed by atoms with Crippen molar-refractivity contribution in [3.63, 3.8) is 0 Å². The van der Waals surface area contributed by atoms with Gasteiger partial charge in [-0.1, -0.05) is 43.3 Å². The maximum atomic E-state index is 5.83. The summed E-state index contributed by atoms with van der Waals surface area (Å²) in [5, 5.41) is 3.59. The van der Waals surface area contributed by atoms with E-state index in [9.17, 15) is 0 Å². The molecule has 21 heavy (non-hydrogen) atoms. The molecule has 1 aliphatic carbocycles. The van der Waals surface area contributed by atoms with Crippen LogP contribution in [0.25, 0.3) is 0 Å². The summed E-state index contributed by atoms with van der Waals surface area (Å²) >= 11 is 0. The number of hydrogen-bond acceptors (Lipinski definition) is 2. The fourth-order valence-electron chi connectivity index (χ4n) is 2.64. The van der Waals surface area contributed by atoms with Crippen LogP contribution in [0, 0.1) is 6.92 Å². The Balaban J connectivity index is 1.84.